The highest BCUT2D eigenvalue weighted by Crippen LogP contribution is 2.31. The molecule has 0 aromatic heterocycles. The number of nitrogens with two attached hydrogens (primary N) is 1. The normalized spacial score (nSPS) is 26.5. The highest BCUT2D eigenvalue weighted by atomic mass is 16.5. The van der Waals surface area contributed by atoms with Crippen LogP contribution in [-0.4, -0.2) is 36.4 Å². The van der Waals surface area contributed by atoms with Crippen LogP contribution in [0, 0.1) is 0 Å². The van der Waals surface area contributed by atoms with E-state index in [9.17, 15) is 0 Å². The van der Waals surface area contributed by atoms with E-state index in [1.165, 1.54) is 90.0 Å². The van der Waals surface area contributed by atoms with Crippen LogP contribution in [0.2, 0.25) is 0 Å². The molecule has 3 nitrogen and oxygen atoms in total. The fourth-order valence-electron chi connectivity index (χ4n) is 4.10. The average molecular weight is 311 g/mol. The van der Waals surface area contributed by atoms with E-state index in [1.807, 2.05) is 0 Å². The summed E-state index contributed by atoms with van der Waals surface area (Å²) in [5, 5.41) is 0. The Balaban J connectivity index is 1.33. The minimum Gasteiger partial charge on any atom is -0.362 e. The van der Waals surface area contributed by atoms with Crippen molar-refractivity contribution in [3.05, 3.63) is 0 Å². The zero-order valence-corrected chi connectivity index (χ0v) is 14.8. The maximum absolute atomic E-state index is 5.77. The number of rotatable bonds is 12. The molecule has 3 atom stereocenters. The molecule has 2 aliphatic heterocycles. The molecule has 2 rings (SSSR count). The summed E-state index contributed by atoms with van der Waals surface area (Å²) in [6.45, 7) is 4.26. The van der Waals surface area contributed by atoms with Crippen LogP contribution >= 0.6 is 0 Å². The highest BCUT2D eigenvalue weighted by molar-refractivity contribution is 4.85. The van der Waals surface area contributed by atoms with E-state index in [4.69, 9.17) is 10.5 Å². The quantitative estimate of drug-likeness (QED) is 0.541. The molecule has 2 heterocycles. The Morgan fingerprint density at radius 2 is 1.59 bits per heavy atom. The molecule has 0 saturated carbocycles. The number of ether oxygens (including phenoxy) is 1. The second kappa shape index (κ2) is 10.6. The summed E-state index contributed by atoms with van der Waals surface area (Å²) in [7, 11) is 0. The number of unbranched alkanes of at least 4 members (excludes halogenated alkanes) is 8. The summed E-state index contributed by atoms with van der Waals surface area (Å²) in [6, 6.07) is 1.22. The molecule has 22 heavy (non-hydrogen) atoms. The standard InChI is InChI=1S/C19H38N2O/c1-17(20)11-9-7-5-3-2-4-6-8-10-12-18-13-14-19-21(18)15-16-22-19/h17-19H,2-16,20H2,1H3/t17?,18-,19+/m0/s1. The molecule has 3 heteroatoms. The molecule has 0 bridgehead atoms. The van der Waals surface area contributed by atoms with Crippen LogP contribution in [-0.2, 0) is 4.74 Å². The van der Waals surface area contributed by atoms with Gasteiger partial charge in [-0.2, -0.15) is 0 Å². The predicted octanol–water partition coefficient (Wildman–Crippen LogP) is 4.45. The van der Waals surface area contributed by atoms with Crippen molar-refractivity contribution in [3.63, 3.8) is 0 Å². The van der Waals surface area contributed by atoms with Crippen LogP contribution in [0.5, 0.6) is 0 Å². The highest BCUT2D eigenvalue weighted by Gasteiger charge is 2.36. The van der Waals surface area contributed by atoms with Gasteiger partial charge in [-0.25, -0.2) is 0 Å². The Kier molecular flexibility index (Phi) is 8.79. The minimum atomic E-state index is 0.391. The maximum Gasteiger partial charge on any atom is 0.111 e. The summed E-state index contributed by atoms with van der Waals surface area (Å²) in [5.41, 5.74) is 5.77. The van der Waals surface area contributed by atoms with Crippen molar-refractivity contribution in [2.45, 2.75) is 109 Å². The van der Waals surface area contributed by atoms with Gasteiger partial charge in [-0.15, -0.1) is 0 Å². The first-order chi connectivity index (χ1) is 10.8. The number of hydrogen-bond donors (Lipinski definition) is 1. The monoisotopic (exact) mass is 310 g/mol. The van der Waals surface area contributed by atoms with Crippen molar-refractivity contribution in [2.75, 3.05) is 13.2 Å². The van der Waals surface area contributed by atoms with Crippen molar-refractivity contribution in [2.24, 2.45) is 5.73 Å². The van der Waals surface area contributed by atoms with E-state index in [2.05, 4.69) is 11.8 Å². The van der Waals surface area contributed by atoms with Gasteiger partial charge in [0.15, 0.2) is 0 Å². The molecule has 2 saturated heterocycles. The van der Waals surface area contributed by atoms with Crippen LogP contribution < -0.4 is 5.73 Å². The Labute approximate surface area is 138 Å². The van der Waals surface area contributed by atoms with Crippen LogP contribution in [0.25, 0.3) is 0 Å². The SMILES string of the molecule is CC(N)CCCCCCCCCCC[C@H]1CC[C@H]2OCCN12. The number of hydrogen-bond acceptors (Lipinski definition) is 3. The first-order valence-electron chi connectivity index (χ1n) is 9.90. The molecule has 0 aromatic carbocycles. The van der Waals surface area contributed by atoms with Gasteiger partial charge in [0.1, 0.15) is 6.23 Å². The van der Waals surface area contributed by atoms with Crippen molar-refractivity contribution in [1.29, 1.82) is 0 Å². The predicted molar refractivity (Wildman–Crippen MR) is 93.9 cm³/mol. The molecule has 0 amide bonds. The zero-order chi connectivity index (χ0) is 15.6. The summed E-state index contributed by atoms with van der Waals surface area (Å²) in [4.78, 5) is 2.61. The molecule has 0 aliphatic carbocycles. The molecule has 130 valence electrons. The lowest BCUT2D eigenvalue weighted by Gasteiger charge is -2.21. The van der Waals surface area contributed by atoms with Crippen molar-refractivity contribution < 1.29 is 4.74 Å². The maximum atomic E-state index is 5.77. The second-order valence-electron chi connectivity index (χ2n) is 7.53. The van der Waals surface area contributed by atoms with Crippen LogP contribution in [0.1, 0.15) is 90.4 Å². The Bertz CT molecular complexity index is 283. The van der Waals surface area contributed by atoms with E-state index in [0.717, 1.165) is 12.6 Å². The van der Waals surface area contributed by atoms with E-state index >= 15 is 0 Å². The van der Waals surface area contributed by atoms with Gasteiger partial charge in [0.2, 0.25) is 0 Å². The third-order valence-corrected chi connectivity index (χ3v) is 5.44. The Hall–Kier alpha value is -0.120. The number of nitrogens with zero attached hydrogens (tertiary/aromatic N) is 1. The van der Waals surface area contributed by atoms with E-state index < -0.39 is 0 Å². The summed E-state index contributed by atoms with van der Waals surface area (Å²) >= 11 is 0. The first kappa shape index (κ1) is 18.2. The lowest BCUT2D eigenvalue weighted by atomic mass is 10.0. The van der Waals surface area contributed by atoms with Crippen LogP contribution in [0.3, 0.4) is 0 Å². The van der Waals surface area contributed by atoms with E-state index in [1.54, 1.807) is 0 Å². The summed E-state index contributed by atoms with van der Waals surface area (Å²) < 4.78 is 5.74. The van der Waals surface area contributed by atoms with Gasteiger partial charge < -0.3 is 10.5 Å². The van der Waals surface area contributed by atoms with Gasteiger partial charge in [0.05, 0.1) is 6.61 Å². The average Bonchev–Trinajstić information content (AvgIpc) is 3.08. The molecule has 2 fully saturated rings. The Morgan fingerprint density at radius 3 is 2.27 bits per heavy atom. The van der Waals surface area contributed by atoms with Crippen molar-refractivity contribution in [1.82, 2.24) is 4.90 Å². The lowest BCUT2D eigenvalue weighted by molar-refractivity contribution is 0.0481. The Morgan fingerprint density at radius 1 is 0.955 bits per heavy atom. The van der Waals surface area contributed by atoms with Crippen LogP contribution in [0.15, 0.2) is 0 Å². The molecule has 0 aromatic rings. The third-order valence-electron chi connectivity index (χ3n) is 5.44. The van der Waals surface area contributed by atoms with E-state index in [-0.39, 0.29) is 0 Å². The van der Waals surface area contributed by atoms with Gasteiger partial charge in [-0.05, 0) is 32.6 Å². The van der Waals surface area contributed by atoms with Crippen molar-refractivity contribution in [3.8, 4) is 0 Å². The molecular weight excluding hydrogens is 272 g/mol. The topological polar surface area (TPSA) is 38.5 Å². The first-order valence-corrected chi connectivity index (χ1v) is 9.90. The summed E-state index contributed by atoms with van der Waals surface area (Å²) in [6.07, 6.45) is 18.4. The third kappa shape index (κ3) is 6.55. The van der Waals surface area contributed by atoms with Crippen molar-refractivity contribution >= 4 is 0 Å². The van der Waals surface area contributed by atoms with Gasteiger partial charge >= 0.3 is 0 Å². The smallest absolute Gasteiger partial charge is 0.111 e. The molecule has 1 unspecified atom stereocenters. The molecular formula is C19H38N2O. The molecule has 0 spiro atoms. The van der Waals surface area contributed by atoms with Gasteiger partial charge in [-0.1, -0.05) is 57.8 Å². The fraction of sp³-hybridized carbons (Fsp3) is 1.00. The van der Waals surface area contributed by atoms with Gasteiger partial charge in [0, 0.05) is 18.6 Å². The van der Waals surface area contributed by atoms with Gasteiger partial charge in [-0.3, -0.25) is 4.90 Å². The minimum absolute atomic E-state index is 0.391. The summed E-state index contributed by atoms with van der Waals surface area (Å²) in [5.74, 6) is 0. The van der Waals surface area contributed by atoms with Crippen LogP contribution in [0.4, 0.5) is 0 Å². The largest absolute Gasteiger partial charge is 0.362 e. The second-order valence-corrected chi connectivity index (χ2v) is 7.53. The molecule has 0 radical (unpaired) electrons. The lowest BCUT2D eigenvalue weighted by Crippen LogP contribution is -2.31. The molecule has 2 aliphatic rings. The number of fused-ring (bicyclic) bond motifs is 1. The van der Waals surface area contributed by atoms with Gasteiger partial charge in [0.25, 0.3) is 0 Å². The fourth-order valence-corrected chi connectivity index (χ4v) is 4.10. The zero-order valence-electron chi connectivity index (χ0n) is 14.8. The molecule has 2 N–H and O–H groups in total. The van der Waals surface area contributed by atoms with E-state index in [0.29, 0.717) is 12.3 Å².